The van der Waals surface area contributed by atoms with Gasteiger partial charge in [-0.15, -0.1) is 0 Å². The van der Waals surface area contributed by atoms with E-state index in [1.807, 2.05) is 25.1 Å². The molecule has 0 radical (unpaired) electrons. The summed E-state index contributed by atoms with van der Waals surface area (Å²) in [7, 11) is 0. The largest absolute Gasteiger partial charge is 0.492 e. The van der Waals surface area contributed by atoms with Gasteiger partial charge in [-0.1, -0.05) is 66.7 Å². The summed E-state index contributed by atoms with van der Waals surface area (Å²) in [4.78, 5) is 0. The third kappa shape index (κ3) is 3.56. The molecule has 1 aliphatic heterocycles. The first kappa shape index (κ1) is 18.8. The summed E-state index contributed by atoms with van der Waals surface area (Å²) >= 11 is 0. The van der Waals surface area contributed by atoms with Crippen molar-refractivity contribution in [1.29, 1.82) is 0 Å². The van der Waals surface area contributed by atoms with Crippen molar-refractivity contribution in [2.75, 3.05) is 11.9 Å². The van der Waals surface area contributed by atoms with Crippen LogP contribution in [0.15, 0.2) is 84.9 Å². The van der Waals surface area contributed by atoms with Crippen molar-refractivity contribution in [3.05, 3.63) is 102 Å². The maximum atomic E-state index is 5.98. The molecule has 0 saturated heterocycles. The van der Waals surface area contributed by atoms with E-state index in [0.717, 1.165) is 23.6 Å². The van der Waals surface area contributed by atoms with Crippen LogP contribution < -0.4 is 14.8 Å². The van der Waals surface area contributed by atoms with E-state index in [0.29, 0.717) is 25.0 Å². The molecule has 0 spiro atoms. The van der Waals surface area contributed by atoms with Gasteiger partial charge in [0.25, 0.3) is 0 Å². The summed E-state index contributed by atoms with van der Waals surface area (Å²) in [6, 6.07) is 25.5. The Hall–Kier alpha value is -3.20. The van der Waals surface area contributed by atoms with Crippen LogP contribution in [0.25, 0.3) is 0 Å². The number of benzene rings is 3. The van der Waals surface area contributed by atoms with Gasteiger partial charge in [0.15, 0.2) is 0 Å². The minimum absolute atomic E-state index is 0.252. The molecular weight excluding hydrogens is 370 g/mol. The van der Waals surface area contributed by atoms with Gasteiger partial charge < -0.3 is 14.8 Å². The molecule has 152 valence electrons. The molecule has 3 aromatic carbocycles. The molecule has 2 aliphatic rings. The van der Waals surface area contributed by atoms with Crippen LogP contribution in [0.1, 0.15) is 42.0 Å². The van der Waals surface area contributed by atoms with Gasteiger partial charge in [-0.05, 0) is 54.2 Å². The summed E-state index contributed by atoms with van der Waals surface area (Å²) in [5, 5.41) is 3.81. The number of fused-ring (bicyclic) bond motifs is 3. The maximum absolute atomic E-state index is 5.98. The summed E-state index contributed by atoms with van der Waals surface area (Å²) < 4.78 is 11.9. The first-order chi connectivity index (χ1) is 14.8. The van der Waals surface area contributed by atoms with E-state index < -0.39 is 0 Å². The molecule has 1 N–H and O–H groups in total. The van der Waals surface area contributed by atoms with Gasteiger partial charge in [-0.25, -0.2) is 0 Å². The zero-order chi connectivity index (χ0) is 20.3. The number of allylic oxidation sites excluding steroid dienone is 2. The molecule has 1 heterocycles. The minimum Gasteiger partial charge on any atom is -0.492 e. The second-order valence-corrected chi connectivity index (χ2v) is 7.97. The topological polar surface area (TPSA) is 30.5 Å². The fraction of sp³-hybridized carbons (Fsp3) is 0.259. The fourth-order valence-corrected chi connectivity index (χ4v) is 4.71. The molecule has 3 heteroatoms. The number of ether oxygens (including phenoxy) is 2. The lowest BCUT2D eigenvalue weighted by Crippen LogP contribution is -2.29. The van der Waals surface area contributed by atoms with Crippen LogP contribution in [-0.2, 0) is 6.61 Å². The molecular formula is C27H27NO2. The zero-order valence-corrected chi connectivity index (χ0v) is 17.3. The summed E-state index contributed by atoms with van der Waals surface area (Å²) in [5.74, 6) is 2.79. The Labute approximate surface area is 178 Å². The second-order valence-electron chi connectivity index (χ2n) is 7.97. The van der Waals surface area contributed by atoms with E-state index in [1.54, 1.807) is 0 Å². The number of anilines is 1. The molecule has 0 bridgehead atoms. The van der Waals surface area contributed by atoms with Gasteiger partial charge in [0.05, 0.1) is 18.3 Å². The van der Waals surface area contributed by atoms with Gasteiger partial charge in [0, 0.05) is 5.92 Å². The van der Waals surface area contributed by atoms with E-state index in [1.165, 1.54) is 16.7 Å². The Balaban J connectivity index is 1.38. The van der Waals surface area contributed by atoms with Crippen molar-refractivity contribution in [3.8, 4) is 11.5 Å². The summed E-state index contributed by atoms with van der Waals surface area (Å²) in [6.45, 7) is 3.29. The monoisotopic (exact) mass is 397 g/mol. The number of para-hydroxylation sites is 1. The SMILES string of the molecule is CCOc1cccc2c1NC(c1ccc(OCc3ccccc3)cc1)C1CC=CC21. The lowest BCUT2D eigenvalue weighted by atomic mass is 9.77. The van der Waals surface area contributed by atoms with Crippen molar-refractivity contribution in [3.63, 3.8) is 0 Å². The van der Waals surface area contributed by atoms with Gasteiger partial charge in [0.1, 0.15) is 18.1 Å². The molecule has 0 aromatic heterocycles. The van der Waals surface area contributed by atoms with E-state index in [-0.39, 0.29) is 6.04 Å². The molecule has 0 saturated carbocycles. The molecule has 1 aliphatic carbocycles. The smallest absolute Gasteiger partial charge is 0.142 e. The molecule has 30 heavy (non-hydrogen) atoms. The lowest BCUT2D eigenvalue weighted by Gasteiger charge is -2.38. The highest BCUT2D eigenvalue weighted by molar-refractivity contribution is 5.67. The first-order valence-electron chi connectivity index (χ1n) is 10.8. The molecule has 0 amide bonds. The average Bonchev–Trinajstić information content (AvgIpc) is 3.29. The van der Waals surface area contributed by atoms with Crippen LogP contribution in [0.4, 0.5) is 5.69 Å². The summed E-state index contributed by atoms with van der Waals surface area (Å²) in [5.41, 5.74) is 4.95. The number of hydrogen-bond donors (Lipinski definition) is 1. The van der Waals surface area contributed by atoms with Gasteiger partial charge in [-0.3, -0.25) is 0 Å². The Morgan fingerprint density at radius 2 is 1.73 bits per heavy atom. The summed E-state index contributed by atoms with van der Waals surface area (Å²) in [6.07, 6.45) is 5.78. The zero-order valence-electron chi connectivity index (χ0n) is 17.3. The highest BCUT2D eigenvalue weighted by Crippen LogP contribution is 2.52. The lowest BCUT2D eigenvalue weighted by molar-refractivity contribution is 0.306. The van der Waals surface area contributed by atoms with Gasteiger partial charge in [-0.2, -0.15) is 0 Å². The van der Waals surface area contributed by atoms with Crippen molar-refractivity contribution < 1.29 is 9.47 Å². The minimum atomic E-state index is 0.252. The Morgan fingerprint density at radius 3 is 2.53 bits per heavy atom. The normalized spacial score (nSPS) is 21.4. The van der Waals surface area contributed by atoms with Gasteiger partial charge >= 0.3 is 0 Å². The van der Waals surface area contributed by atoms with Crippen LogP contribution in [-0.4, -0.2) is 6.61 Å². The highest BCUT2D eigenvalue weighted by atomic mass is 16.5. The quantitative estimate of drug-likeness (QED) is 0.482. The molecule has 3 aromatic rings. The van der Waals surface area contributed by atoms with E-state index in [4.69, 9.17) is 9.47 Å². The maximum Gasteiger partial charge on any atom is 0.142 e. The standard InChI is InChI=1S/C27H27NO2/c1-2-29-25-13-7-12-24-22-10-6-11-23(22)26(28-27(24)25)20-14-16-21(17-15-20)30-18-19-8-4-3-5-9-19/h3-10,12-17,22-23,26,28H,2,11,18H2,1H3. The molecule has 0 fully saturated rings. The van der Waals surface area contributed by atoms with Crippen LogP contribution in [0.3, 0.4) is 0 Å². The third-order valence-corrected chi connectivity index (χ3v) is 6.15. The molecule has 3 atom stereocenters. The third-order valence-electron chi connectivity index (χ3n) is 6.15. The highest BCUT2D eigenvalue weighted by Gasteiger charge is 2.38. The Bertz CT molecular complexity index is 1030. The Morgan fingerprint density at radius 1 is 0.900 bits per heavy atom. The van der Waals surface area contributed by atoms with Crippen LogP contribution in [0.2, 0.25) is 0 Å². The van der Waals surface area contributed by atoms with E-state index >= 15 is 0 Å². The number of nitrogens with one attached hydrogen (secondary N) is 1. The van der Waals surface area contributed by atoms with Crippen LogP contribution in [0, 0.1) is 5.92 Å². The first-order valence-corrected chi connectivity index (χ1v) is 10.8. The van der Waals surface area contributed by atoms with E-state index in [9.17, 15) is 0 Å². The average molecular weight is 398 g/mol. The van der Waals surface area contributed by atoms with Crippen LogP contribution >= 0.6 is 0 Å². The van der Waals surface area contributed by atoms with Crippen LogP contribution in [0.5, 0.6) is 11.5 Å². The number of hydrogen-bond acceptors (Lipinski definition) is 3. The number of rotatable bonds is 6. The predicted molar refractivity (Wildman–Crippen MR) is 121 cm³/mol. The van der Waals surface area contributed by atoms with Crippen molar-refractivity contribution in [2.45, 2.75) is 31.9 Å². The molecule has 3 unspecified atom stereocenters. The van der Waals surface area contributed by atoms with Crippen molar-refractivity contribution in [1.82, 2.24) is 0 Å². The second kappa shape index (κ2) is 8.27. The Kier molecular flexibility index (Phi) is 5.18. The molecule has 3 nitrogen and oxygen atoms in total. The van der Waals surface area contributed by atoms with Crippen molar-refractivity contribution in [2.24, 2.45) is 5.92 Å². The van der Waals surface area contributed by atoms with Gasteiger partial charge in [0.2, 0.25) is 0 Å². The molecule has 5 rings (SSSR count). The van der Waals surface area contributed by atoms with Crippen molar-refractivity contribution >= 4 is 5.69 Å². The fourth-order valence-electron chi connectivity index (χ4n) is 4.71. The van der Waals surface area contributed by atoms with E-state index in [2.05, 4.69) is 72.1 Å². The predicted octanol–water partition coefficient (Wildman–Crippen LogP) is 6.49.